The molecular weight excluding hydrogens is 380 g/mol. The Bertz CT molecular complexity index is 1050. The predicted octanol–water partition coefficient (Wildman–Crippen LogP) is 2.93. The number of nitrogens with one attached hydrogen (secondary N) is 1. The van der Waals surface area contributed by atoms with Gasteiger partial charge in [0.05, 0.1) is 25.4 Å². The predicted molar refractivity (Wildman–Crippen MR) is 117 cm³/mol. The molecule has 0 bridgehead atoms. The summed E-state index contributed by atoms with van der Waals surface area (Å²) in [5.74, 6) is 1.33. The summed E-state index contributed by atoms with van der Waals surface area (Å²) in [5, 5.41) is 4.23. The van der Waals surface area contributed by atoms with Crippen molar-refractivity contribution in [3.8, 4) is 22.8 Å². The van der Waals surface area contributed by atoms with E-state index >= 15 is 0 Å². The van der Waals surface area contributed by atoms with Crippen molar-refractivity contribution < 1.29 is 14.3 Å². The molecular formula is C23H28N4O3. The van der Waals surface area contributed by atoms with Crippen molar-refractivity contribution in [2.75, 3.05) is 34.4 Å². The second kappa shape index (κ2) is 8.75. The summed E-state index contributed by atoms with van der Waals surface area (Å²) in [6.07, 6.45) is 5.88. The number of hydrogen-bond acceptors (Lipinski definition) is 5. The van der Waals surface area contributed by atoms with E-state index in [-0.39, 0.29) is 18.5 Å². The van der Waals surface area contributed by atoms with Gasteiger partial charge in [-0.1, -0.05) is 0 Å². The van der Waals surface area contributed by atoms with Crippen LogP contribution in [0.5, 0.6) is 11.5 Å². The molecule has 3 aromatic rings. The monoisotopic (exact) mass is 408 g/mol. The first-order chi connectivity index (χ1) is 14.6. The van der Waals surface area contributed by atoms with Crippen LogP contribution in [0.15, 0.2) is 42.7 Å². The molecule has 2 aromatic heterocycles. The van der Waals surface area contributed by atoms with E-state index in [1.54, 1.807) is 20.4 Å². The Morgan fingerprint density at radius 2 is 2.03 bits per heavy atom. The van der Waals surface area contributed by atoms with Gasteiger partial charge in [-0.15, -0.1) is 0 Å². The SMILES string of the molecule is COc1ccc(-c2nccc3ccn(CC(=O)NC4CCCN(C)C4)c23)cc1OC. The molecule has 1 unspecified atom stereocenters. The number of aromatic nitrogens is 2. The van der Waals surface area contributed by atoms with Gasteiger partial charge in [-0.3, -0.25) is 9.78 Å². The number of likely N-dealkylation sites (tertiary alicyclic amines) is 1. The van der Waals surface area contributed by atoms with Gasteiger partial charge < -0.3 is 24.3 Å². The van der Waals surface area contributed by atoms with Crippen molar-refractivity contribution >= 4 is 16.8 Å². The summed E-state index contributed by atoms with van der Waals surface area (Å²) in [6, 6.07) is 9.93. The molecule has 4 rings (SSSR count). The molecule has 1 fully saturated rings. The molecule has 1 saturated heterocycles. The number of ether oxygens (including phenoxy) is 2. The summed E-state index contributed by atoms with van der Waals surface area (Å²) in [7, 11) is 5.33. The van der Waals surface area contributed by atoms with Crippen molar-refractivity contribution in [3.05, 3.63) is 42.7 Å². The van der Waals surface area contributed by atoms with Crippen molar-refractivity contribution in [2.45, 2.75) is 25.4 Å². The zero-order valence-electron chi connectivity index (χ0n) is 17.7. The molecule has 1 aliphatic rings. The average molecular weight is 409 g/mol. The lowest BCUT2D eigenvalue weighted by Crippen LogP contribution is -2.47. The Balaban J connectivity index is 1.62. The van der Waals surface area contributed by atoms with E-state index in [1.807, 2.05) is 41.1 Å². The van der Waals surface area contributed by atoms with Gasteiger partial charge in [-0.25, -0.2) is 0 Å². The summed E-state index contributed by atoms with van der Waals surface area (Å²) >= 11 is 0. The molecule has 0 saturated carbocycles. The number of hydrogen-bond donors (Lipinski definition) is 1. The molecule has 0 radical (unpaired) electrons. The van der Waals surface area contributed by atoms with E-state index in [2.05, 4.69) is 22.2 Å². The summed E-state index contributed by atoms with van der Waals surface area (Å²) in [6.45, 7) is 2.25. The summed E-state index contributed by atoms with van der Waals surface area (Å²) < 4.78 is 12.8. The molecule has 30 heavy (non-hydrogen) atoms. The van der Waals surface area contributed by atoms with Gasteiger partial charge in [0, 0.05) is 35.9 Å². The Morgan fingerprint density at radius 3 is 2.80 bits per heavy atom. The fourth-order valence-electron chi connectivity index (χ4n) is 4.19. The molecule has 1 amide bonds. The van der Waals surface area contributed by atoms with Crippen LogP contribution >= 0.6 is 0 Å². The lowest BCUT2D eigenvalue weighted by atomic mass is 10.1. The fourth-order valence-corrected chi connectivity index (χ4v) is 4.19. The molecule has 3 heterocycles. The van der Waals surface area contributed by atoms with Gasteiger partial charge in [0.2, 0.25) is 5.91 Å². The third-order valence-electron chi connectivity index (χ3n) is 5.64. The van der Waals surface area contributed by atoms with Crippen LogP contribution in [0, 0.1) is 0 Å². The largest absolute Gasteiger partial charge is 0.493 e. The first-order valence-electron chi connectivity index (χ1n) is 10.2. The minimum absolute atomic E-state index is 0.0231. The number of likely N-dealkylation sites (N-methyl/N-ethyl adjacent to an activating group) is 1. The Morgan fingerprint density at radius 1 is 1.20 bits per heavy atom. The van der Waals surface area contributed by atoms with Crippen molar-refractivity contribution in [1.82, 2.24) is 19.8 Å². The lowest BCUT2D eigenvalue weighted by molar-refractivity contribution is -0.122. The number of piperidine rings is 1. The van der Waals surface area contributed by atoms with E-state index in [9.17, 15) is 4.79 Å². The highest BCUT2D eigenvalue weighted by atomic mass is 16.5. The van der Waals surface area contributed by atoms with Gasteiger partial charge in [-0.2, -0.15) is 0 Å². The smallest absolute Gasteiger partial charge is 0.240 e. The van der Waals surface area contributed by atoms with E-state index in [4.69, 9.17) is 9.47 Å². The van der Waals surface area contributed by atoms with Crippen LogP contribution in [0.25, 0.3) is 22.2 Å². The maximum atomic E-state index is 12.8. The van der Waals surface area contributed by atoms with Crippen molar-refractivity contribution in [2.24, 2.45) is 0 Å². The second-order valence-corrected chi connectivity index (χ2v) is 7.78. The molecule has 158 valence electrons. The van der Waals surface area contributed by atoms with E-state index in [1.165, 1.54) is 0 Å². The zero-order chi connectivity index (χ0) is 21.1. The third-order valence-corrected chi connectivity index (χ3v) is 5.64. The number of amides is 1. The maximum absolute atomic E-state index is 12.8. The van der Waals surface area contributed by atoms with Crippen LogP contribution in [0.1, 0.15) is 12.8 Å². The van der Waals surface area contributed by atoms with Gasteiger partial charge in [0.1, 0.15) is 6.54 Å². The first kappa shape index (κ1) is 20.2. The summed E-state index contributed by atoms with van der Waals surface area (Å²) in [5.41, 5.74) is 2.65. The number of fused-ring (bicyclic) bond motifs is 1. The Kier molecular flexibility index (Phi) is 5.90. The Labute approximate surface area is 176 Å². The van der Waals surface area contributed by atoms with Crippen LogP contribution in [0.3, 0.4) is 0 Å². The molecule has 7 heteroatoms. The topological polar surface area (TPSA) is 68.6 Å². The molecule has 1 N–H and O–H groups in total. The number of carbonyl (C=O) groups excluding carboxylic acids is 1. The number of nitrogens with zero attached hydrogens (tertiary/aromatic N) is 3. The number of pyridine rings is 1. The molecule has 1 aliphatic heterocycles. The minimum Gasteiger partial charge on any atom is -0.493 e. The molecule has 1 atom stereocenters. The molecule has 1 aromatic carbocycles. The van der Waals surface area contributed by atoms with Gasteiger partial charge in [-0.05, 0) is 56.8 Å². The Hall–Kier alpha value is -3.06. The number of methoxy groups -OCH3 is 2. The highest BCUT2D eigenvalue weighted by Gasteiger charge is 2.20. The van der Waals surface area contributed by atoms with Gasteiger partial charge in [0.25, 0.3) is 0 Å². The van der Waals surface area contributed by atoms with Crippen LogP contribution in [0.4, 0.5) is 0 Å². The van der Waals surface area contributed by atoms with E-state index in [0.717, 1.165) is 48.1 Å². The molecule has 0 spiro atoms. The molecule has 0 aliphatic carbocycles. The fraction of sp³-hybridized carbons (Fsp3) is 0.391. The van der Waals surface area contributed by atoms with Crippen LogP contribution in [0.2, 0.25) is 0 Å². The van der Waals surface area contributed by atoms with E-state index in [0.29, 0.717) is 11.5 Å². The minimum atomic E-state index is 0.0231. The van der Waals surface area contributed by atoms with Crippen molar-refractivity contribution in [1.29, 1.82) is 0 Å². The number of rotatable bonds is 6. The third kappa shape index (κ3) is 4.11. The number of benzene rings is 1. The highest BCUT2D eigenvalue weighted by molar-refractivity contribution is 5.93. The first-order valence-corrected chi connectivity index (χ1v) is 10.2. The second-order valence-electron chi connectivity index (χ2n) is 7.78. The highest BCUT2D eigenvalue weighted by Crippen LogP contribution is 2.34. The van der Waals surface area contributed by atoms with Gasteiger partial charge in [0.15, 0.2) is 11.5 Å². The zero-order valence-corrected chi connectivity index (χ0v) is 17.7. The van der Waals surface area contributed by atoms with Crippen LogP contribution < -0.4 is 14.8 Å². The van der Waals surface area contributed by atoms with Crippen molar-refractivity contribution in [3.63, 3.8) is 0 Å². The standard InChI is InChI=1S/C23H28N4O3/c1-26-11-4-5-18(14-26)25-21(28)15-27-12-9-16-8-10-24-22(23(16)27)17-6-7-19(29-2)20(13-17)30-3/h6-10,12-13,18H,4-5,11,14-15H2,1-3H3,(H,25,28). The quantitative estimate of drug-likeness (QED) is 0.679. The lowest BCUT2D eigenvalue weighted by Gasteiger charge is -2.30. The normalized spacial score (nSPS) is 17.1. The molecule has 7 nitrogen and oxygen atoms in total. The summed E-state index contributed by atoms with van der Waals surface area (Å²) in [4.78, 5) is 19.6. The average Bonchev–Trinajstić information content (AvgIpc) is 3.16. The van der Waals surface area contributed by atoms with Crippen LogP contribution in [-0.4, -0.2) is 60.8 Å². The number of carbonyl (C=O) groups is 1. The van der Waals surface area contributed by atoms with Crippen LogP contribution in [-0.2, 0) is 11.3 Å². The van der Waals surface area contributed by atoms with E-state index < -0.39 is 0 Å². The van der Waals surface area contributed by atoms with Gasteiger partial charge >= 0.3 is 0 Å². The maximum Gasteiger partial charge on any atom is 0.240 e.